The number of aromatic nitrogens is 1. The molecule has 0 fully saturated rings. The van der Waals surface area contributed by atoms with Crippen LogP contribution in [-0.2, 0) is 13.0 Å². The number of aliphatic hydroxyl groups excluding tert-OH is 1. The molecule has 0 saturated carbocycles. The molecule has 1 aromatic heterocycles. The SMILES string of the molecule is CC(C)CN(Cc1ccc(-c2ccccn2)cc1)C[C@H](O)[C@H](Cc1ccccc1)NC(=O)O. The standard InChI is InChI=1S/C27H33N3O3/c1-20(2)17-30(18-22-11-13-23(14-12-22)24-10-6-7-15-28-24)19-26(31)25(29-27(32)33)16-21-8-4-3-5-9-21/h3-15,20,25-26,29,31H,16-19H2,1-2H3,(H,32,33)/t25-,26-/m0/s1. The van der Waals surface area contributed by atoms with Crippen LogP contribution in [-0.4, -0.2) is 51.4 Å². The number of hydrogen-bond acceptors (Lipinski definition) is 4. The van der Waals surface area contributed by atoms with Crippen LogP contribution in [0.25, 0.3) is 11.3 Å². The summed E-state index contributed by atoms with van der Waals surface area (Å²) in [6, 6.07) is 23.2. The van der Waals surface area contributed by atoms with E-state index in [9.17, 15) is 15.0 Å². The van der Waals surface area contributed by atoms with Crippen molar-refractivity contribution in [2.45, 2.75) is 39.0 Å². The molecule has 174 valence electrons. The lowest BCUT2D eigenvalue weighted by Crippen LogP contribution is -2.49. The minimum Gasteiger partial charge on any atom is -0.465 e. The number of aliphatic hydroxyl groups is 1. The molecule has 3 aromatic rings. The summed E-state index contributed by atoms with van der Waals surface area (Å²) in [6.45, 7) is 6.12. The van der Waals surface area contributed by atoms with E-state index in [1.165, 1.54) is 0 Å². The molecular weight excluding hydrogens is 414 g/mol. The number of hydrogen-bond donors (Lipinski definition) is 3. The summed E-state index contributed by atoms with van der Waals surface area (Å²) in [5.74, 6) is 0.407. The fraction of sp³-hybridized carbons (Fsp3) is 0.333. The van der Waals surface area contributed by atoms with E-state index in [1.807, 2.05) is 48.5 Å². The number of nitrogens with one attached hydrogen (secondary N) is 1. The monoisotopic (exact) mass is 447 g/mol. The van der Waals surface area contributed by atoms with Gasteiger partial charge in [-0.3, -0.25) is 9.88 Å². The average molecular weight is 448 g/mol. The Balaban J connectivity index is 1.69. The number of rotatable bonds is 11. The number of benzene rings is 2. The highest BCUT2D eigenvalue weighted by Gasteiger charge is 2.24. The predicted molar refractivity (Wildman–Crippen MR) is 131 cm³/mol. The molecular formula is C27H33N3O3. The minimum atomic E-state index is -1.13. The molecule has 0 unspecified atom stereocenters. The third kappa shape index (κ3) is 8.00. The first-order valence-corrected chi connectivity index (χ1v) is 11.3. The molecule has 0 aliphatic heterocycles. The van der Waals surface area contributed by atoms with E-state index in [1.54, 1.807) is 6.20 Å². The Hall–Kier alpha value is -3.22. The zero-order valence-electron chi connectivity index (χ0n) is 19.3. The maximum absolute atomic E-state index is 11.4. The highest BCUT2D eigenvalue weighted by Crippen LogP contribution is 2.18. The van der Waals surface area contributed by atoms with Crippen molar-refractivity contribution >= 4 is 6.09 Å². The molecule has 1 amide bonds. The van der Waals surface area contributed by atoms with Gasteiger partial charge in [0.1, 0.15) is 0 Å². The van der Waals surface area contributed by atoms with Crippen LogP contribution in [0.4, 0.5) is 4.79 Å². The fourth-order valence-electron chi connectivity index (χ4n) is 3.99. The summed E-state index contributed by atoms with van der Waals surface area (Å²) in [6.07, 6.45) is 0.248. The van der Waals surface area contributed by atoms with E-state index < -0.39 is 18.2 Å². The largest absolute Gasteiger partial charge is 0.465 e. The van der Waals surface area contributed by atoms with E-state index in [4.69, 9.17) is 0 Å². The molecule has 0 aliphatic carbocycles. The van der Waals surface area contributed by atoms with Gasteiger partial charge in [0.25, 0.3) is 0 Å². The first-order chi connectivity index (χ1) is 15.9. The number of pyridine rings is 1. The number of carbonyl (C=O) groups is 1. The normalized spacial score (nSPS) is 13.1. The molecule has 1 heterocycles. The van der Waals surface area contributed by atoms with Crippen molar-refractivity contribution in [2.75, 3.05) is 13.1 Å². The van der Waals surface area contributed by atoms with Gasteiger partial charge in [-0.2, -0.15) is 0 Å². The highest BCUT2D eigenvalue weighted by atomic mass is 16.4. The topological polar surface area (TPSA) is 85.7 Å². The molecule has 3 N–H and O–H groups in total. The van der Waals surface area contributed by atoms with Gasteiger partial charge in [0.15, 0.2) is 0 Å². The van der Waals surface area contributed by atoms with Gasteiger partial charge in [-0.05, 0) is 35.6 Å². The van der Waals surface area contributed by atoms with Crippen LogP contribution in [0.2, 0.25) is 0 Å². The maximum atomic E-state index is 11.4. The minimum absolute atomic E-state index is 0.373. The summed E-state index contributed by atoms with van der Waals surface area (Å²) in [5, 5.41) is 22.8. The molecule has 2 aromatic carbocycles. The van der Waals surface area contributed by atoms with Gasteiger partial charge in [-0.15, -0.1) is 0 Å². The summed E-state index contributed by atoms with van der Waals surface area (Å²) >= 11 is 0. The van der Waals surface area contributed by atoms with Gasteiger partial charge in [0, 0.05) is 31.4 Å². The van der Waals surface area contributed by atoms with Gasteiger partial charge < -0.3 is 15.5 Å². The molecule has 0 bridgehead atoms. The van der Waals surface area contributed by atoms with Crippen LogP contribution >= 0.6 is 0 Å². The molecule has 33 heavy (non-hydrogen) atoms. The van der Waals surface area contributed by atoms with E-state index in [0.29, 0.717) is 25.4 Å². The van der Waals surface area contributed by atoms with Crippen LogP contribution in [0.15, 0.2) is 79.0 Å². The van der Waals surface area contributed by atoms with E-state index in [2.05, 4.69) is 53.3 Å². The first kappa shape index (κ1) is 24.4. The third-order valence-corrected chi connectivity index (χ3v) is 5.46. The second-order valence-electron chi connectivity index (χ2n) is 8.81. The Labute approximate surface area is 195 Å². The van der Waals surface area contributed by atoms with Crippen LogP contribution in [0.1, 0.15) is 25.0 Å². The predicted octanol–water partition coefficient (Wildman–Crippen LogP) is 4.45. The zero-order chi connectivity index (χ0) is 23.6. The molecule has 0 saturated heterocycles. The molecule has 2 atom stereocenters. The Morgan fingerprint density at radius 1 is 0.939 bits per heavy atom. The van der Waals surface area contributed by atoms with E-state index >= 15 is 0 Å². The number of carboxylic acid groups (broad SMARTS) is 1. The third-order valence-electron chi connectivity index (χ3n) is 5.46. The number of amides is 1. The Morgan fingerprint density at radius 3 is 2.24 bits per heavy atom. The van der Waals surface area contributed by atoms with Crippen molar-refractivity contribution in [1.29, 1.82) is 0 Å². The van der Waals surface area contributed by atoms with Gasteiger partial charge >= 0.3 is 6.09 Å². The van der Waals surface area contributed by atoms with E-state index in [0.717, 1.165) is 28.9 Å². The van der Waals surface area contributed by atoms with Gasteiger partial charge in [-0.1, -0.05) is 74.5 Å². The summed E-state index contributed by atoms with van der Waals surface area (Å²) in [7, 11) is 0. The smallest absolute Gasteiger partial charge is 0.404 e. The van der Waals surface area contributed by atoms with Crippen LogP contribution < -0.4 is 5.32 Å². The van der Waals surface area contributed by atoms with E-state index in [-0.39, 0.29) is 0 Å². The molecule has 6 heteroatoms. The average Bonchev–Trinajstić information content (AvgIpc) is 2.79. The van der Waals surface area contributed by atoms with Crippen LogP contribution in [0.3, 0.4) is 0 Å². The molecule has 0 spiro atoms. The van der Waals surface area contributed by atoms with Crippen LogP contribution in [0.5, 0.6) is 0 Å². The number of nitrogens with zero attached hydrogens (tertiary/aromatic N) is 2. The second-order valence-corrected chi connectivity index (χ2v) is 8.81. The Morgan fingerprint density at radius 2 is 1.64 bits per heavy atom. The van der Waals surface area contributed by atoms with Crippen LogP contribution in [0, 0.1) is 5.92 Å². The second kappa shape index (κ2) is 12.1. The fourth-order valence-corrected chi connectivity index (χ4v) is 3.99. The van der Waals surface area contributed by atoms with Crippen molar-refractivity contribution in [3.63, 3.8) is 0 Å². The summed E-state index contributed by atoms with van der Waals surface area (Å²) < 4.78 is 0. The molecule has 3 rings (SSSR count). The van der Waals surface area contributed by atoms with Gasteiger partial charge in [0.2, 0.25) is 0 Å². The summed E-state index contributed by atoms with van der Waals surface area (Å²) in [5.41, 5.74) is 4.11. The lowest BCUT2D eigenvalue weighted by Gasteiger charge is -2.30. The van der Waals surface area contributed by atoms with Crippen molar-refractivity contribution < 1.29 is 15.0 Å². The maximum Gasteiger partial charge on any atom is 0.404 e. The quantitative estimate of drug-likeness (QED) is 0.404. The Kier molecular flexibility index (Phi) is 8.98. The lowest BCUT2D eigenvalue weighted by atomic mass is 10.00. The molecule has 0 radical (unpaired) electrons. The lowest BCUT2D eigenvalue weighted by molar-refractivity contribution is 0.0698. The molecule has 6 nitrogen and oxygen atoms in total. The van der Waals surface area contributed by atoms with Crippen molar-refractivity contribution in [2.24, 2.45) is 5.92 Å². The van der Waals surface area contributed by atoms with Crippen molar-refractivity contribution in [3.8, 4) is 11.3 Å². The van der Waals surface area contributed by atoms with Crippen molar-refractivity contribution in [3.05, 3.63) is 90.1 Å². The first-order valence-electron chi connectivity index (χ1n) is 11.3. The van der Waals surface area contributed by atoms with Gasteiger partial charge in [0.05, 0.1) is 17.8 Å². The Bertz CT molecular complexity index is 979. The zero-order valence-corrected chi connectivity index (χ0v) is 19.3. The molecule has 0 aliphatic rings. The van der Waals surface area contributed by atoms with Crippen molar-refractivity contribution in [1.82, 2.24) is 15.2 Å². The highest BCUT2D eigenvalue weighted by molar-refractivity contribution is 5.65. The summed E-state index contributed by atoms with van der Waals surface area (Å²) in [4.78, 5) is 18.0. The van der Waals surface area contributed by atoms with Gasteiger partial charge in [-0.25, -0.2) is 4.79 Å².